The van der Waals surface area contributed by atoms with Crippen LogP contribution in [0.4, 0.5) is 4.79 Å². The number of nitrogens with one attached hydrogen (secondary N) is 1. The molecular weight excluding hydrogens is 176 g/mol. The van der Waals surface area contributed by atoms with Crippen LogP contribution in [0.3, 0.4) is 0 Å². The predicted molar refractivity (Wildman–Crippen MR) is 42.9 cm³/mol. The van der Waals surface area contributed by atoms with Gasteiger partial charge in [0.2, 0.25) is 0 Å². The Kier molecular flexibility index (Phi) is 3.07. The number of carboxylic acid groups (broad SMARTS) is 1. The van der Waals surface area contributed by atoms with Crippen molar-refractivity contribution in [2.75, 3.05) is 13.7 Å². The number of nitrogens with zero attached hydrogens (tertiary/aromatic N) is 1. The van der Waals surface area contributed by atoms with Crippen molar-refractivity contribution in [1.29, 1.82) is 0 Å². The fourth-order valence-corrected chi connectivity index (χ4v) is 1.23. The summed E-state index contributed by atoms with van der Waals surface area (Å²) in [6, 6.07) is -0.533. The second-order valence-electron chi connectivity index (χ2n) is 2.78. The monoisotopic (exact) mass is 188 g/mol. The largest absolute Gasteiger partial charge is 0.468 e. The first kappa shape index (κ1) is 9.79. The Labute approximate surface area is 75.4 Å². The second-order valence-corrected chi connectivity index (χ2v) is 2.78. The van der Waals surface area contributed by atoms with Crippen molar-refractivity contribution in [3.8, 4) is 0 Å². The number of carbonyl (C=O) groups excluding carboxylic acids is 1. The van der Waals surface area contributed by atoms with E-state index in [0.717, 1.165) is 5.01 Å². The lowest BCUT2D eigenvalue weighted by atomic mass is 10.1. The Hall–Kier alpha value is -1.30. The highest BCUT2D eigenvalue weighted by Gasteiger charge is 2.27. The Morgan fingerprint density at radius 1 is 1.62 bits per heavy atom. The maximum absolute atomic E-state index is 11.0. The van der Waals surface area contributed by atoms with Gasteiger partial charge < -0.3 is 9.84 Å². The van der Waals surface area contributed by atoms with Crippen LogP contribution in [0.15, 0.2) is 0 Å². The third-order valence-electron chi connectivity index (χ3n) is 1.90. The highest BCUT2D eigenvalue weighted by molar-refractivity contribution is 5.76. The minimum absolute atomic E-state index is 0.406. The average Bonchev–Trinajstić information content (AvgIpc) is 2.17. The summed E-state index contributed by atoms with van der Waals surface area (Å²) in [5.74, 6) is -0.425. The van der Waals surface area contributed by atoms with Crippen LogP contribution >= 0.6 is 0 Å². The van der Waals surface area contributed by atoms with E-state index in [1.165, 1.54) is 7.11 Å². The van der Waals surface area contributed by atoms with E-state index in [2.05, 4.69) is 10.2 Å². The van der Waals surface area contributed by atoms with Gasteiger partial charge in [-0.2, -0.15) is 0 Å². The lowest BCUT2D eigenvalue weighted by Gasteiger charge is -2.30. The summed E-state index contributed by atoms with van der Waals surface area (Å²) in [5, 5.41) is 9.63. The minimum Gasteiger partial charge on any atom is -0.468 e. The zero-order chi connectivity index (χ0) is 9.84. The zero-order valence-corrected chi connectivity index (χ0v) is 7.32. The first-order valence-corrected chi connectivity index (χ1v) is 3.99. The van der Waals surface area contributed by atoms with Gasteiger partial charge in [-0.25, -0.2) is 15.2 Å². The molecule has 6 heteroatoms. The molecule has 0 unspecified atom stereocenters. The van der Waals surface area contributed by atoms with Gasteiger partial charge in [0.25, 0.3) is 0 Å². The molecule has 1 aliphatic heterocycles. The van der Waals surface area contributed by atoms with Gasteiger partial charge in [-0.05, 0) is 12.8 Å². The first-order chi connectivity index (χ1) is 6.15. The number of carbonyl (C=O) groups is 2. The van der Waals surface area contributed by atoms with E-state index in [0.29, 0.717) is 19.4 Å². The smallest absolute Gasteiger partial charge is 0.421 e. The summed E-state index contributed by atoms with van der Waals surface area (Å²) in [5.41, 5.74) is 2.56. The van der Waals surface area contributed by atoms with E-state index in [-0.39, 0.29) is 0 Å². The van der Waals surface area contributed by atoms with Gasteiger partial charge >= 0.3 is 12.1 Å². The van der Waals surface area contributed by atoms with Gasteiger partial charge in [0, 0.05) is 6.54 Å². The van der Waals surface area contributed by atoms with Crippen LogP contribution in [-0.4, -0.2) is 41.9 Å². The number of hydrazine groups is 1. The van der Waals surface area contributed by atoms with Gasteiger partial charge in [0.1, 0.15) is 6.04 Å². The van der Waals surface area contributed by atoms with Gasteiger partial charge in [-0.3, -0.25) is 4.79 Å². The van der Waals surface area contributed by atoms with Gasteiger partial charge in [0.15, 0.2) is 0 Å². The maximum atomic E-state index is 11.0. The van der Waals surface area contributed by atoms with Crippen molar-refractivity contribution in [2.45, 2.75) is 18.9 Å². The summed E-state index contributed by atoms with van der Waals surface area (Å²) in [4.78, 5) is 21.6. The molecule has 1 amide bonds. The second kappa shape index (κ2) is 4.08. The Morgan fingerprint density at radius 2 is 2.31 bits per heavy atom. The number of hydrogen-bond acceptors (Lipinski definition) is 4. The molecule has 1 atom stereocenters. The topological polar surface area (TPSA) is 78.9 Å². The number of amides is 1. The van der Waals surface area contributed by atoms with Crippen molar-refractivity contribution < 1.29 is 19.4 Å². The first-order valence-electron chi connectivity index (χ1n) is 3.99. The molecule has 0 saturated carbocycles. The number of hydrogen-bond donors (Lipinski definition) is 2. The van der Waals surface area contributed by atoms with Crippen LogP contribution in [0.2, 0.25) is 0 Å². The maximum Gasteiger partial charge on any atom is 0.421 e. The molecule has 1 fully saturated rings. The quantitative estimate of drug-likeness (QED) is 0.557. The standard InChI is InChI=1S/C7H12N2O4/c1-13-6(10)5-3-2-4-9(8-5)7(11)12/h5,8H,2-4H2,1H3,(H,11,12)/t5-/m1/s1. The lowest BCUT2D eigenvalue weighted by molar-refractivity contribution is -0.145. The molecule has 0 spiro atoms. The molecule has 1 heterocycles. The molecule has 74 valence electrons. The fourth-order valence-electron chi connectivity index (χ4n) is 1.23. The highest BCUT2D eigenvalue weighted by atomic mass is 16.5. The third kappa shape index (κ3) is 2.32. The van der Waals surface area contributed by atoms with E-state index >= 15 is 0 Å². The number of methoxy groups -OCH3 is 1. The Bertz CT molecular complexity index is 219. The summed E-state index contributed by atoms with van der Waals surface area (Å²) >= 11 is 0. The summed E-state index contributed by atoms with van der Waals surface area (Å²) in [6.07, 6.45) is 0.198. The molecule has 0 aliphatic carbocycles. The van der Waals surface area contributed by atoms with Crippen LogP contribution in [0.1, 0.15) is 12.8 Å². The normalized spacial score (nSPS) is 22.5. The number of ether oxygens (including phenoxy) is 1. The molecule has 2 N–H and O–H groups in total. The molecule has 0 aromatic carbocycles. The predicted octanol–water partition coefficient (Wildman–Crippen LogP) is -0.194. The van der Waals surface area contributed by atoms with E-state index in [1.54, 1.807) is 0 Å². The van der Waals surface area contributed by atoms with Crippen molar-refractivity contribution in [1.82, 2.24) is 10.4 Å². The van der Waals surface area contributed by atoms with Gasteiger partial charge in [-0.1, -0.05) is 0 Å². The Morgan fingerprint density at radius 3 is 2.85 bits per heavy atom. The molecule has 1 aliphatic rings. The minimum atomic E-state index is -1.08. The van der Waals surface area contributed by atoms with Crippen LogP contribution in [0.25, 0.3) is 0 Å². The highest BCUT2D eigenvalue weighted by Crippen LogP contribution is 2.08. The molecule has 13 heavy (non-hydrogen) atoms. The lowest BCUT2D eigenvalue weighted by Crippen LogP contribution is -2.54. The van der Waals surface area contributed by atoms with Crippen LogP contribution in [0.5, 0.6) is 0 Å². The van der Waals surface area contributed by atoms with Crippen molar-refractivity contribution >= 4 is 12.1 Å². The molecule has 6 nitrogen and oxygen atoms in total. The summed E-state index contributed by atoms with van der Waals surface area (Å²) < 4.78 is 4.50. The molecule has 1 rings (SSSR count). The third-order valence-corrected chi connectivity index (χ3v) is 1.90. The van der Waals surface area contributed by atoms with E-state index < -0.39 is 18.1 Å². The zero-order valence-electron chi connectivity index (χ0n) is 7.32. The average molecular weight is 188 g/mol. The van der Waals surface area contributed by atoms with Crippen molar-refractivity contribution in [3.63, 3.8) is 0 Å². The van der Waals surface area contributed by atoms with E-state index in [9.17, 15) is 9.59 Å². The number of rotatable bonds is 1. The summed E-state index contributed by atoms with van der Waals surface area (Å²) in [6.45, 7) is 0.406. The molecule has 0 aromatic heterocycles. The van der Waals surface area contributed by atoms with E-state index in [4.69, 9.17) is 5.11 Å². The molecular formula is C7H12N2O4. The molecule has 0 bridgehead atoms. The van der Waals surface area contributed by atoms with Crippen LogP contribution in [-0.2, 0) is 9.53 Å². The van der Waals surface area contributed by atoms with Crippen molar-refractivity contribution in [2.24, 2.45) is 0 Å². The SMILES string of the molecule is COC(=O)[C@H]1CCCN(C(=O)O)N1. The van der Waals surface area contributed by atoms with Gasteiger partial charge in [0.05, 0.1) is 7.11 Å². The molecule has 0 radical (unpaired) electrons. The molecule has 1 saturated heterocycles. The fraction of sp³-hybridized carbons (Fsp3) is 0.714. The van der Waals surface area contributed by atoms with Crippen LogP contribution < -0.4 is 5.43 Å². The summed E-state index contributed by atoms with van der Waals surface area (Å²) in [7, 11) is 1.28. The molecule has 0 aromatic rings. The van der Waals surface area contributed by atoms with Gasteiger partial charge in [-0.15, -0.1) is 0 Å². The van der Waals surface area contributed by atoms with E-state index in [1.807, 2.05) is 0 Å². The van der Waals surface area contributed by atoms with Crippen LogP contribution in [0, 0.1) is 0 Å². The van der Waals surface area contributed by atoms with Crippen molar-refractivity contribution in [3.05, 3.63) is 0 Å². The number of esters is 1. The Balaban J connectivity index is 2.51.